The third-order valence-corrected chi connectivity index (χ3v) is 4.87. The Bertz CT molecular complexity index is 1300. The highest BCUT2D eigenvalue weighted by molar-refractivity contribution is 6.30. The van der Waals surface area contributed by atoms with Gasteiger partial charge in [0.25, 0.3) is 5.89 Å². The number of aromatic nitrogens is 4. The average molecular weight is 414 g/mol. The van der Waals surface area contributed by atoms with Gasteiger partial charge in [0, 0.05) is 22.5 Å². The molecule has 1 N–H and O–H groups in total. The second kappa shape index (κ2) is 7.93. The molecule has 0 bridgehead atoms. The summed E-state index contributed by atoms with van der Waals surface area (Å²) in [6, 6.07) is 25.1. The number of hydrogen-bond donors (Lipinski definition) is 1. The molecular formula is C23H16ClN5O. The van der Waals surface area contributed by atoms with Gasteiger partial charge in [-0.1, -0.05) is 54.1 Å². The van der Waals surface area contributed by atoms with Crippen molar-refractivity contribution in [2.24, 2.45) is 0 Å². The van der Waals surface area contributed by atoms with E-state index in [1.54, 1.807) is 0 Å². The van der Waals surface area contributed by atoms with Crippen molar-refractivity contribution in [1.29, 1.82) is 0 Å². The van der Waals surface area contributed by atoms with Crippen LogP contribution in [0.25, 0.3) is 34.1 Å². The second-order valence-electron chi connectivity index (χ2n) is 6.67. The van der Waals surface area contributed by atoms with E-state index in [0.717, 1.165) is 22.0 Å². The fourth-order valence-electron chi connectivity index (χ4n) is 3.11. The van der Waals surface area contributed by atoms with E-state index in [0.29, 0.717) is 29.1 Å². The lowest BCUT2D eigenvalue weighted by molar-refractivity contribution is 0.579. The van der Waals surface area contributed by atoms with Crippen molar-refractivity contribution in [3.63, 3.8) is 0 Å². The molecule has 0 radical (unpaired) electrons. The number of benzene rings is 3. The fraction of sp³-hybridized carbons (Fsp3) is 0.0435. The van der Waals surface area contributed by atoms with Gasteiger partial charge < -0.3 is 9.73 Å². The Hall–Kier alpha value is -3.77. The first kappa shape index (κ1) is 18.3. The highest BCUT2D eigenvalue weighted by atomic mass is 35.5. The molecule has 0 fully saturated rings. The van der Waals surface area contributed by atoms with Gasteiger partial charge in [0.15, 0.2) is 0 Å². The maximum atomic E-state index is 5.98. The normalized spacial score (nSPS) is 11.0. The van der Waals surface area contributed by atoms with Crippen LogP contribution in [0.15, 0.2) is 83.3 Å². The lowest BCUT2D eigenvalue weighted by Crippen LogP contribution is -2.04. The molecule has 2 heterocycles. The van der Waals surface area contributed by atoms with E-state index in [1.807, 2.05) is 78.9 Å². The summed E-state index contributed by atoms with van der Waals surface area (Å²) in [5, 5.41) is 13.3. The number of nitrogens with one attached hydrogen (secondary N) is 1. The van der Waals surface area contributed by atoms with Gasteiger partial charge in [-0.2, -0.15) is 0 Å². The molecule has 0 saturated heterocycles. The van der Waals surface area contributed by atoms with Crippen LogP contribution in [-0.2, 0) is 6.54 Å². The molecule has 5 rings (SSSR count). The average Bonchev–Trinajstić information content (AvgIpc) is 3.29. The third-order valence-electron chi connectivity index (χ3n) is 4.61. The number of hydrogen-bond acceptors (Lipinski definition) is 6. The Morgan fingerprint density at radius 3 is 2.33 bits per heavy atom. The van der Waals surface area contributed by atoms with Crippen LogP contribution >= 0.6 is 11.6 Å². The Kier molecular flexibility index (Phi) is 4.83. The standard InChI is InChI=1S/C23H16ClN5O/c24-17-12-10-15(11-13-17)14-25-20-18-8-4-5-9-19(18)26-21(27-20)23-29-28-22(30-23)16-6-2-1-3-7-16/h1-13H,14H2,(H,25,26,27). The first-order chi connectivity index (χ1) is 14.8. The quantitative estimate of drug-likeness (QED) is 0.403. The zero-order valence-corrected chi connectivity index (χ0v) is 16.5. The van der Waals surface area contributed by atoms with E-state index in [1.165, 1.54) is 0 Å². The van der Waals surface area contributed by atoms with Gasteiger partial charge in [-0.25, -0.2) is 9.97 Å². The van der Waals surface area contributed by atoms with E-state index in [2.05, 4.69) is 25.5 Å². The largest absolute Gasteiger partial charge is 0.413 e. The SMILES string of the molecule is Clc1ccc(CNc2nc(-c3nnc(-c4ccccc4)o3)nc3ccccc23)cc1. The van der Waals surface area contributed by atoms with E-state index in [-0.39, 0.29) is 5.89 Å². The first-order valence-electron chi connectivity index (χ1n) is 9.41. The zero-order chi connectivity index (χ0) is 20.3. The van der Waals surface area contributed by atoms with Crippen LogP contribution in [0.5, 0.6) is 0 Å². The number of rotatable bonds is 5. The highest BCUT2D eigenvalue weighted by Crippen LogP contribution is 2.27. The summed E-state index contributed by atoms with van der Waals surface area (Å²) >= 11 is 5.98. The maximum Gasteiger partial charge on any atom is 0.286 e. The van der Waals surface area contributed by atoms with Gasteiger partial charge in [0.2, 0.25) is 11.7 Å². The van der Waals surface area contributed by atoms with Gasteiger partial charge in [0.05, 0.1) is 5.52 Å². The van der Waals surface area contributed by atoms with Crippen molar-refractivity contribution in [1.82, 2.24) is 20.2 Å². The monoisotopic (exact) mass is 413 g/mol. The fourth-order valence-corrected chi connectivity index (χ4v) is 3.23. The molecule has 0 amide bonds. The minimum absolute atomic E-state index is 0.272. The van der Waals surface area contributed by atoms with Crippen LogP contribution < -0.4 is 5.32 Å². The van der Waals surface area contributed by atoms with Crippen molar-refractivity contribution >= 4 is 28.3 Å². The minimum Gasteiger partial charge on any atom is -0.413 e. The van der Waals surface area contributed by atoms with Gasteiger partial charge in [-0.3, -0.25) is 0 Å². The number of anilines is 1. The molecule has 30 heavy (non-hydrogen) atoms. The summed E-state index contributed by atoms with van der Waals surface area (Å²) in [7, 11) is 0. The molecule has 0 aliphatic heterocycles. The Balaban J connectivity index is 1.50. The summed E-state index contributed by atoms with van der Waals surface area (Å²) in [5.74, 6) is 1.78. The predicted octanol–water partition coefficient (Wildman–Crippen LogP) is 5.61. The van der Waals surface area contributed by atoms with Crippen molar-refractivity contribution in [2.45, 2.75) is 6.54 Å². The van der Waals surface area contributed by atoms with Gasteiger partial charge in [-0.15, -0.1) is 10.2 Å². The van der Waals surface area contributed by atoms with Crippen LogP contribution in [0.4, 0.5) is 5.82 Å². The zero-order valence-electron chi connectivity index (χ0n) is 15.8. The summed E-state index contributed by atoms with van der Waals surface area (Å²) in [6.45, 7) is 0.594. The summed E-state index contributed by atoms with van der Waals surface area (Å²) in [6.07, 6.45) is 0. The summed E-state index contributed by atoms with van der Waals surface area (Å²) < 4.78 is 5.85. The van der Waals surface area contributed by atoms with Crippen molar-refractivity contribution < 1.29 is 4.42 Å². The molecule has 146 valence electrons. The first-order valence-corrected chi connectivity index (χ1v) is 9.78. The van der Waals surface area contributed by atoms with E-state index >= 15 is 0 Å². The van der Waals surface area contributed by atoms with Crippen LogP contribution in [0.2, 0.25) is 5.02 Å². The van der Waals surface area contributed by atoms with Gasteiger partial charge in [-0.05, 0) is 42.0 Å². The van der Waals surface area contributed by atoms with Gasteiger partial charge in [0.1, 0.15) is 5.82 Å². The Morgan fingerprint density at radius 2 is 1.50 bits per heavy atom. The molecule has 2 aromatic heterocycles. The topological polar surface area (TPSA) is 76.7 Å². The summed E-state index contributed by atoms with van der Waals surface area (Å²) in [4.78, 5) is 9.28. The number of halogens is 1. The molecule has 0 aliphatic rings. The van der Waals surface area contributed by atoms with E-state index < -0.39 is 0 Å². The molecule has 6 nitrogen and oxygen atoms in total. The molecule has 0 unspecified atom stereocenters. The van der Waals surface area contributed by atoms with E-state index in [9.17, 15) is 0 Å². The molecule has 5 aromatic rings. The second-order valence-corrected chi connectivity index (χ2v) is 7.11. The Labute approximate surface area is 177 Å². The van der Waals surface area contributed by atoms with Crippen LogP contribution in [0.3, 0.4) is 0 Å². The Morgan fingerprint density at radius 1 is 0.767 bits per heavy atom. The van der Waals surface area contributed by atoms with Crippen LogP contribution in [0, 0.1) is 0 Å². The number of para-hydroxylation sites is 1. The lowest BCUT2D eigenvalue weighted by Gasteiger charge is -2.10. The molecular weight excluding hydrogens is 398 g/mol. The van der Waals surface area contributed by atoms with Crippen LogP contribution in [-0.4, -0.2) is 20.2 Å². The lowest BCUT2D eigenvalue weighted by atomic mass is 10.2. The molecule has 0 spiro atoms. The van der Waals surface area contributed by atoms with Gasteiger partial charge >= 0.3 is 0 Å². The molecule has 0 saturated carbocycles. The molecule has 7 heteroatoms. The number of fused-ring (bicyclic) bond motifs is 1. The third kappa shape index (κ3) is 3.73. The van der Waals surface area contributed by atoms with Crippen LogP contribution in [0.1, 0.15) is 5.56 Å². The summed E-state index contributed by atoms with van der Waals surface area (Å²) in [5.41, 5.74) is 2.73. The maximum absolute atomic E-state index is 5.98. The molecule has 0 aliphatic carbocycles. The highest BCUT2D eigenvalue weighted by Gasteiger charge is 2.16. The minimum atomic E-state index is 0.272. The predicted molar refractivity (Wildman–Crippen MR) is 117 cm³/mol. The van der Waals surface area contributed by atoms with E-state index in [4.69, 9.17) is 16.0 Å². The number of nitrogens with zero attached hydrogens (tertiary/aromatic N) is 4. The smallest absolute Gasteiger partial charge is 0.286 e. The van der Waals surface area contributed by atoms with Crippen molar-refractivity contribution in [2.75, 3.05) is 5.32 Å². The van der Waals surface area contributed by atoms with Crippen molar-refractivity contribution in [3.05, 3.63) is 89.4 Å². The van der Waals surface area contributed by atoms with Crippen molar-refractivity contribution in [3.8, 4) is 23.2 Å². The molecule has 3 aromatic carbocycles. The molecule has 0 atom stereocenters.